The third-order valence-electron chi connectivity index (χ3n) is 3.17. The van der Waals surface area contributed by atoms with Crippen LogP contribution in [0.4, 0.5) is 0 Å². The van der Waals surface area contributed by atoms with Gasteiger partial charge in [0.1, 0.15) is 0 Å². The van der Waals surface area contributed by atoms with Gasteiger partial charge in [0, 0.05) is 35.6 Å². The molecule has 0 saturated carbocycles. The Bertz CT molecular complexity index is 638. The molecule has 112 valence electrons. The van der Waals surface area contributed by atoms with Crippen LogP contribution < -0.4 is 5.32 Å². The SMILES string of the molecule is Cc1cc(C)n(C[C@H](C)CNC(=O)c2cncc(Br)c2)n1. The monoisotopic (exact) mass is 350 g/mol. The van der Waals surface area contributed by atoms with Gasteiger partial charge < -0.3 is 5.32 Å². The van der Waals surface area contributed by atoms with E-state index in [1.165, 1.54) is 0 Å². The summed E-state index contributed by atoms with van der Waals surface area (Å²) in [5.74, 6) is 0.191. The van der Waals surface area contributed by atoms with Gasteiger partial charge in [-0.3, -0.25) is 14.5 Å². The van der Waals surface area contributed by atoms with Crippen LogP contribution in [0.5, 0.6) is 0 Å². The maximum atomic E-state index is 12.0. The molecule has 0 aliphatic carbocycles. The lowest BCUT2D eigenvalue weighted by Crippen LogP contribution is -2.30. The fourth-order valence-corrected chi connectivity index (χ4v) is 2.49. The Labute approximate surface area is 132 Å². The van der Waals surface area contributed by atoms with Gasteiger partial charge in [-0.1, -0.05) is 6.92 Å². The van der Waals surface area contributed by atoms with Gasteiger partial charge in [0.2, 0.25) is 0 Å². The Kier molecular flexibility index (Phi) is 5.12. The second-order valence-electron chi connectivity index (χ2n) is 5.32. The topological polar surface area (TPSA) is 59.8 Å². The zero-order chi connectivity index (χ0) is 15.4. The molecule has 0 aliphatic rings. The van der Waals surface area contributed by atoms with E-state index in [2.05, 4.69) is 44.3 Å². The summed E-state index contributed by atoms with van der Waals surface area (Å²) < 4.78 is 2.78. The third kappa shape index (κ3) is 4.39. The highest BCUT2D eigenvalue weighted by Crippen LogP contribution is 2.10. The smallest absolute Gasteiger partial charge is 0.252 e. The van der Waals surface area contributed by atoms with E-state index in [0.717, 1.165) is 22.4 Å². The average molecular weight is 351 g/mol. The number of halogens is 1. The Morgan fingerprint density at radius 2 is 2.14 bits per heavy atom. The molecule has 0 aliphatic heterocycles. The Morgan fingerprint density at radius 3 is 2.76 bits per heavy atom. The molecule has 2 aromatic rings. The fourth-order valence-electron chi connectivity index (χ4n) is 2.12. The molecule has 1 atom stereocenters. The summed E-state index contributed by atoms with van der Waals surface area (Å²) in [7, 11) is 0. The number of carbonyl (C=O) groups excluding carboxylic acids is 1. The summed E-state index contributed by atoms with van der Waals surface area (Å²) >= 11 is 3.31. The van der Waals surface area contributed by atoms with Crippen molar-refractivity contribution >= 4 is 21.8 Å². The normalized spacial score (nSPS) is 12.2. The second kappa shape index (κ2) is 6.85. The van der Waals surface area contributed by atoms with Crippen molar-refractivity contribution in [3.63, 3.8) is 0 Å². The molecule has 0 unspecified atom stereocenters. The molecule has 5 nitrogen and oxygen atoms in total. The molecule has 1 amide bonds. The van der Waals surface area contributed by atoms with Gasteiger partial charge in [-0.15, -0.1) is 0 Å². The Morgan fingerprint density at radius 1 is 1.38 bits per heavy atom. The molecule has 2 aromatic heterocycles. The molecule has 0 spiro atoms. The molecular formula is C15H19BrN4O. The number of hydrogen-bond acceptors (Lipinski definition) is 3. The first-order chi connectivity index (χ1) is 9.95. The molecule has 6 heteroatoms. The van der Waals surface area contributed by atoms with E-state index in [1.807, 2.05) is 18.5 Å². The van der Waals surface area contributed by atoms with Crippen molar-refractivity contribution in [2.45, 2.75) is 27.3 Å². The lowest BCUT2D eigenvalue weighted by molar-refractivity contribution is 0.0946. The van der Waals surface area contributed by atoms with Crippen molar-refractivity contribution in [1.82, 2.24) is 20.1 Å². The summed E-state index contributed by atoms with van der Waals surface area (Å²) in [6, 6.07) is 3.81. The number of nitrogens with zero attached hydrogens (tertiary/aromatic N) is 3. The minimum Gasteiger partial charge on any atom is -0.352 e. The zero-order valence-corrected chi connectivity index (χ0v) is 14.0. The first kappa shape index (κ1) is 15.7. The Hall–Kier alpha value is -1.69. The zero-order valence-electron chi connectivity index (χ0n) is 12.4. The minimum atomic E-state index is -0.107. The molecule has 0 bridgehead atoms. The van der Waals surface area contributed by atoms with Crippen molar-refractivity contribution < 1.29 is 4.79 Å². The van der Waals surface area contributed by atoms with Crippen molar-refractivity contribution in [2.75, 3.05) is 6.54 Å². The van der Waals surface area contributed by atoms with Gasteiger partial charge in [-0.25, -0.2) is 0 Å². The number of aromatic nitrogens is 3. The molecule has 2 rings (SSSR count). The number of pyridine rings is 1. The van der Waals surface area contributed by atoms with Crippen LogP contribution in [-0.2, 0) is 6.54 Å². The van der Waals surface area contributed by atoms with Crippen LogP contribution in [0.15, 0.2) is 29.0 Å². The molecule has 2 heterocycles. The number of hydrogen-bond donors (Lipinski definition) is 1. The van der Waals surface area contributed by atoms with E-state index in [-0.39, 0.29) is 5.91 Å². The molecule has 1 N–H and O–H groups in total. The molecule has 0 radical (unpaired) electrons. The number of nitrogens with one attached hydrogen (secondary N) is 1. The van der Waals surface area contributed by atoms with Gasteiger partial charge in [0.25, 0.3) is 5.91 Å². The van der Waals surface area contributed by atoms with E-state index in [1.54, 1.807) is 18.5 Å². The van der Waals surface area contributed by atoms with Crippen LogP contribution in [0, 0.1) is 19.8 Å². The summed E-state index contributed by atoms with van der Waals surface area (Å²) in [5, 5.41) is 7.37. The first-order valence-electron chi connectivity index (χ1n) is 6.85. The van der Waals surface area contributed by atoms with Gasteiger partial charge in [0.15, 0.2) is 0 Å². The molecule has 21 heavy (non-hydrogen) atoms. The van der Waals surface area contributed by atoms with Crippen molar-refractivity contribution in [3.05, 3.63) is 46.0 Å². The quantitative estimate of drug-likeness (QED) is 0.901. The van der Waals surface area contributed by atoms with E-state index >= 15 is 0 Å². The summed E-state index contributed by atoms with van der Waals surface area (Å²) in [6.45, 7) is 7.50. The number of aryl methyl sites for hydroxylation is 2. The highest BCUT2D eigenvalue weighted by atomic mass is 79.9. The highest BCUT2D eigenvalue weighted by Gasteiger charge is 2.10. The summed E-state index contributed by atoms with van der Waals surface area (Å²) in [4.78, 5) is 16.0. The maximum Gasteiger partial charge on any atom is 0.252 e. The predicted octanol–water partition coefficient (Wildman–Crippen LogP) is 2.72. The van der Waals surface area contributed by atoms with Crippen LogP contribution in [0.1, 0.15) is 28.7 Å². The lowest BCUT2D eigenvalue weighted by Gasteiger charge is -2.14. The summed E-state index contributed by atoms with van der Waals surface area (Å²) in [5.41, 5.74) is 2.72. The predicted molar refractivity (Wildman–Crippen MR) is 85.1 cm³/mol. The molecule has 0 aromatic carbocycles. The van der Waals surface area contributed by atoms with Crippen LogP contribution in [0.2, 0.25) is 0 Å². The van der Waals surface area contributed by atoms with Crippen molar-refractivity contribution in [1.29, 1.82) is 0 Å². The van der Waals surface area contributed by atoms with Crippen LogP contribution in [-0.4, -0.2) is 27.2 Å². The fraction of sp³-hybridized carbons (Fsp3) is 0.400. The number of amides is 1. The summed E-state index contributed by atoms with van der Waals surface area (Å²) in [6.07, 6.45) is 3.22. The standard InChI is InChI=1S/C15H19BrN4O/c1-10(9-20-12(3)4-11(2)19-20)6-18-15(21)13-5-14(16)8-17-7-13/h4-5,7-8,10H,6,9H2,1-3H3,(H,18,21)/t10-/m1/s1. The van der Waals surface area contributed by atoms with E-state index < -0.39 is 0 Å². The van der Waals surface area contributed by atoms with E-state index in [9.17, 15) is 4.79 Å². The van der Waals surface area contributed by atoms with Gasteiger partial charge in [0.05, 0.1) is 11.3 Å². The van der Waals surface area contributed by atoms with Crippen molar-refractivity contribution in [3.8, 4) is 0 Å². The Balaban J connectivity index is 1.88. The number of carbonyl (C=O) groups is 1. The van der Waals surface area contributed by atoms with Crippen LogP contribution >= 0.6 is 15.9 Å². The largest absolute Gasteiger partial charge is 0.352 e. The highest BCUT2D eigenvalue weighted by molar-refractivity contribution is 9.10. The first-order valence-corrected chi connectivity index (χ1v) is 7.65. The molecule has 0 fully saturated rings. The average Bonchev–Trinajstić information content (AvgIpc) is 2.74. The third-order valence-corrected chi connectivity index (χ3v) is 3.60. The lowest BCUT2D eigenvalue weighted by atomic mass is 10.1. The van der Waals surface area contributed by atoms with Crippen LogP contribution in [0.3, 0.4) is 0 Å². The maximum absolute atomic E-state index is 12.0. The van der Waals surface area contributed by atoms with Gasteiger partial charge >= 0.3 is 0 Å². The minimum absolute atomic E-state index is 0.107. The van der Waals surface area contributed by atoms with Crippen LogP contribution in [0.25, 0.3) is 0 Å². The second-order valence-corrected chi connectivity index (χ2v) is 6.23. The van der Waals surface area contributed by atoms with Crippen molar-refractivity contribution in [2.24, 2.45) is 5.92 Å². The molecular weight excluding hydrogens is 332 g/mol. The van der Waals surface area contributed by atoms with Gasteiger partial charge in [-0.2, -0.15) is 5.10 Å². The van der Waals surface area contributed by atoms with E-state index in [4.69, 9.17) is 0 Å². The van der Waals surface area contributed by atoms with E-state index in [0.29, 0.717) is 18.0 Å². The molecule has 0 saturated heterocycles. The van der Waals surface area contributed by atoms with Gasteiger partial charge in [-0.05, 0) is 47.8 Å². The number of rotatable bonds is 5.